The Morgan fingerprint density at radius 3 is 2.13 bits per heavy atom. The largest absolute Gasteiger partial charge is 0.337 e. The van der Waals surface area contributed by atoms with Crippen LogP contribution in [0.3, 0.4) is 0 Å². The van der Waals surface area contributed by atoms with Crippen LogP contribution in [-0.4, -0.2) is 59.5 Å². The topological polar surface area (TPSA) is 35.6 Å². The predicted octanol–water partition coefficient (Wildman–Crippen LogP) is 2.77. The van der Waals surface area contributed by atoms with Crippen molar-refractivity contribution < 1.29 is 4.79 Å². The lowest BCUT2D eigenvalue weighted by molar-refractivity contribution is -0.136. The summed E-state index contributed by atoms with van der Waals surface area (Å²) in [5.41, 5.74) is 0.377. The van der Waals surface area contributed by atoms with Crippen LogP contribution in [-0.2, 0) is 4.79 Å². The molecule has 0 aromatic carbocycles. The number of piperidine rings is 2. The van der Waals surface area contributed by atoms with Crippen LogP contribution in [0.5, 0.6) is 0 Å². The normalized spacial score (nSPS) is 27.7. The van der Waals surface area contributed by atoms with E-state index in [2.05, 4.69) is 22.0 Å². The first-order valence-corrected chi connectivity index (χ1v) is 9.85. The second kappa shape index (κ2) is 7.52. The monoisotopic (exact) mass is 321 g/mol. The van der Waals surface area contributed by atoms with Gasteiger partial charge in [-0.25, -0.2) is 0 Å². The molecule has 3 fully saturated rings. The molecule has 23 heavy (non-hydrogen) atoms. The van der Waals surface area contributed by atoms with Gasteiger partial charge in [-0.05, 0) is 58.5 Å². The van der Waals surface area contributed by atoms with Crippen LogP contribution >= 0.6 is 0 Å². The van der Waals surface area contributed by atoms with Crippen LogP contribution in [0.15, 0.2) is 0 Å². The number of hydrogen-bond donors (Lipinski definition) is 1. The Labute approximate surface area is 142 Å². The molecule has 0 unspecified atom stereocenters. The van der Waals surface area contributed by atoms with Gasteiger partial charge >= 0.3 is 0 Å². The van der Waals surface area contributed by atoms with Crippen molar-refractivity contribution in [3.8, 4) is 0 Å². The van der Waals surface area contributed by atoms with E-state index in [0.29, 0.717) is 23.5 Å². The first-order valence-electron chi connectivity index (χ1n) is 9.85. The minimum absolute atomic E-state index is 0.309. The van der Waals surface area contributed by atoms with Gasteiger partial charge in [0.1, 0.15) is 0 Å². The van der Waals surface area contributed by atoms with Crippen LogP contribution in [0, 0.1) is 0 Å². The smallest absolute Gasteiger partial charge is 0.219 e. The highest BCUT2D eigenvalue weighted by molar-refractivity contribution is 5.74. The second-order valence-electron chi connectivity index (χ2n) is 8.18. The van der Waals surface area contributed by atoms with E-state index in [1.807, 2.05) is 0 Å². The first-order chi connectivity index (χ1) is 11.1. The van der Waals surface area contributed by atoms with Gasteiger partial charge in [0.25, 0.3) is 0 Å². The third-order valence-electron chi connectivity index (χ3n) is 6.63. The van der Waals surface area contributed by atoms with E-state index >= 15 is 0 Å². The maximum absolute atomic E-state index is 12.3. The van der Waals surface area contributed by atoms with Gasteiger partial charge in [0.15, 0.2) is 0 Å². The predicted molar refractivity (Wildman–Crippen MR) is 94.5 cm³/mol. The number of carbonyl (C=O) groups is 1. The zero-order chi connectivity index (χ0) is 16.3. The summed E-state index contributed by atoms with van der Waals surface area (Å²) in [5, 5.41) is 3.48. The molecule has 1 aliphatic carbocycles. The number of carbonyl (C=O) groups excluding carboxylic acids is 1. The highest BCUT2D eigenvalue weighted by atomic mass is 16.2. The molecule has 3 aliphatic rings. The van der Waals surface area contributed by atoms with Gasteiger partial charge in [-0.15, -0.1) is 0 Å². The first kappa shape index (κ1) is 17.2. The molecule has 0 aromatic rings. The number of hydrogen-bond acceptors (Lipinski definition) is 3. The van der Waals surface area contributed by atoms with Crippen LogP contribution in [0.1, 0.15) is 71.6 Å². The number of likely N-dealkylation sites (tertiary alicyclic amines) is 1. The molecular weight excluding hydrogens is 286 g/mol. The van der Waals surface area contributed by atoms with Crippen LogP contribution in [0.2, 0.25) is 0 Å². The highest BCUT2D eigenvalue weighted by Crippen LogP contribution is 2.32. The third-order valence-corrected chi connectivity index (χ3v) is 6.63. The Morgan fingerprint density at radius 1 is 1.00 bits per heavy atom. The average Bonchev–Trinajstić information content (AvgIpc) is 2.57. The molecule has 0 radical (unpaired) electrons. The maximum Gasteiger partial charge on any atom is 0.219 e. The standard InChI is InChI=1S/C19H35N3O/c1-16(23)22(17-6-4-3-5-7-17)18-8-14-21(15-9-18)19(2)10-12-20-13-11-19/h17-18,20H,3-15H2,1-2H3. The molecule has 0 aromatic heterocycles. The Kier molecular flexibility index (Phi) is 5.63. The van der Waals surface area contributed by atoms with Gasteiger partial charge < -0.3 is 10.2 Å². The lowest BCUT2D eigenvalue weighted by atomic mass is 9.85. The molecule has 1 amide bonds. The van der Waals surface area contributed by atoms with Gasteiger partial charge in [-0.3, -0.25) is 9.69 Å². The molecule has 0 spiro atoms. The summed E-state index contributed by atoms with van der Waals surface area (Å²) in [7, 11) is 0. The summed E-state index contributed by atoms with van der Waals surface area (Å²) in [6.07, 6.45) is 11.3. The molecule has 2 saturated heterocycles. The minimum atomic E-state index is 0.309. The number of amides is 1. The molecule has 4 nitrogen and oxygen atoms in total. The van der Waals surface area contributed by atoms with E-state index in [0.717, 1.165) is 26.2 Å². The maximum atomic E-state index is 12.3. The summed E-state index contributed by atoms with van der Waals surface area (Å²) in [5.74, 6) is 0.309. The van der Waals surface area contributed by atoms with Crippen molar-refractivity contribution in [1.29, 1.82) is 0 Å². The van der Waals surface area contributed by atoms with Crippen molar-refractivity contribution in [2.45, 2.75) is 89.3 Å². The van der Waals surface area contributed by atoms with Gasteiger partial charge in [0.2, 0.25) is 5.91 Å². The zero-order valence-electron chi connectivity index (χ0n) is 15.1. The van der Waals surface area contributed by atoms with Crippen LogP contribution < -0.4 is 5.32 Å². The molecule has 0 atom stereocenters. The van der Waals surface area contributed by atoms with Crippen molar-refractivity contribution >= 4 is 5.91 Å². The van der Waals surface area contributed by atoms with Crippen LogP contribution in [0.25, 0.3) is 0 Å². The summed E-state index contributed by atoms with van der Waals surface area (Å²) >= 11 is 0. The van der Waals surface area contributed by atoms with Gasteiger partial charge in [0, 0.05) is 37.6 Å². The summed E-state index contributed by atoms with van der Waals surface area (Å²) < 4.78 is 0. The number of nitrogens with one attached hydrogen (secondary N) is 1. The van der Waals surface area contributed by atoms with E-state index in [9.17, 15) is 4.79 Å². The van der Waals surface area contributed by atoms with Gasteiger partial charge in [-0.1, -0.05) is 19.3 Å². The second-order valence-corrected chi connectivity index (χ2v) is 8.18. The minimum Gasteiger partial charge on any atom is -0.337 e. The van der Waals surface area contributed by atoms with Crippen LogP contribution in [0.4, 0.5) is 0 Å². The van der Waals surface area contributed by atoms with Crippen molar-refractivity contribution in [2.24, 2.45) is 0 Å². The van der Waals surface area contributed by atoms with Crippen molar-refractivity contribution in [3.63, 3.8) is 0 Å². The highest BCUT2D eigenvalue weighted by Gasteiger charge is 2.38. The average molecular weight is 322 g/mol. The molecule has 1 saturated carbocycles. The van der Waals surface area contributed by atoms with E-state index in [-0.39, 0.29) is 0 Å². The molecule has 2 aliphatic heterocycles. The van der Waals surface area contributed by atoms with Gasteiger partial charge in [-0.2, -0.15) is 0 Å². The summed E-state index contributed by atoms with van der Waals surface area (Å²) in [6, 6.07) is 1.00. The van der Waals surface area contributed by atoms with Crippen molar-refractivity contribution in [2.75, 3.05) is 26.2 Å². The Bertz CT molecular complexity index is 391. The number of nitrogens with zero attached hydrogens (tertiary/aromatic N) is 2. The fourth-order valence-electron chi connectivity index (χ4n) is 5.14. The summed E-state index contributed by atoms with van der Waals surface area (Å²) in [6.45, 7) is 8.86. The zero-order valence-corrected chi connectivity index (χ0v) is 15.1. The van der Waals surface area contributed by atoms with E-state index in [1.54, 1.807) is 6.92 Å². The number of rotatable bonds is 3. The van der Waals surface area contributed by atoms with Gasteiger partial charge in [0.05, 0.1) is 0 Å². The molecule has 4 heteroatoms. The van der Waals surface area contributed by atoms with Crippen molar-refractivity contribution in [3.05, 3.63) is 0 Å². The lowest BCUT2D eigenvalue weighted by Gasteiger charge is -2.50. The summed E-state index contributed by atoms with van der Waals surface area (Å²) in [4.78, 5) is 17.3. The molecule has 2 heterocycles. The molecular formula is C19H35N3O. The molecule has 0 bridgehead atoms. The van der Waals surface area contributed by atoms with Crippen molar-refractivity contribution in [1.82, 2.24) is 15.1 Å². The fourth-order valence-corrected chi connectivity index (χ4v) is 5.14. The fraction of sp³-hybridized carbons (Fsp3) is 0.947. The molecule has 132 valence electrons. The van der Waals surface area contributed by atoms with E-state index in [1.165, 1.54) is 57.8 Å². The third kappa shape index (κ3) is 3.90. The Hall–Kier alpha value is -0.610. The Balaban J connectivity index is 1.58. The lowest BCUT2D eigenvalue weighted by Crippen LogP contribution is -2.58. The molecule has 1 N–H and O–H groups in total. The SMILES string of the molecule is CC(=O)N(C1CCCCC1)C1CCN(C2(C)CCNCC2)CC1. The molecule has 3 rings (SSSR count). The van der Waals surface area contributed by atoms with E-state index in [4.69, 9.17) is 0 Å². The Morgan fingerprint density at radius 2 is 1.57 bits per heavy atom. The quantitative estimate of drug-likeness (QED) is 0.868. The van der Waals surface area contributed by atoms with E-state index < -0.39 is 0 Å².